The van der Waals surface area contributed by atoms with Crippen molar-refractivity contribution in [3.05, 3.63) is 83.9 Å². The topological polar surface area (TPSA) is 84.9 Å². The molecular weight excluding hydrogens is 440 g/mol. The molecule has 0 bridgehead atoms. The van der Waals surface area contributed by atoms with Crippen LogP contribution in [-0.4, -0.2) is 40.6 Å². The second-order valence-electron chi connectivity index (χ2n) is 7.82. The molecule has 1 N–H and O–H groups in total. The van der Waals surface area contributed by atoms with E-state index in [9.17, 15) is 13.2 Å². The highest BCUT2D eigenvalue weighted by atomic mass is 32.2. The number of nitrogens with one attached hydrogen (secondary N) is 1. The minimum Gasteiger partial charge on any atom is -0.497 e. The highest BCUT2D eigenvalue weighted by molar-refractivity contribution is 7.92. The van der Waals surface area contributed by atoms with Crippen LogP contribution in [0.15, 0.2) is 77.7 Å². The van der Waals surface area contributed by atoms with Crippen LogP contribution in [0.5, 0.6) is 11.5 Å². The fourth-order valence-corrected chi connectivity index (χ4v) is 5.16. The first-order valence-corrected chi connectivity index (χ1v) is 12.1. The molecule has 0 aliphatic carbocycles. The Morgan fingerprint density at radius 2 is 1.82 bits per heavy atom. The summed E-state index contributed by atoms with van der Waals surface area (Å²) in [6, 6.07) is 21.3. The number of ether oxygens (including phenoxy) is 2. The minimum absolute atomic E-state index is 0.111. The third-order valence-corrected chi connectivity index (χ3v) is 7.27. The monoisotopic (exact) mass is 466 g/mol. The van der Waals surface area contributed by atoms with Crippen LogP contribution in [0.2, 0.25) is 0 Å². The third-order valence-electron chi connectivity index (χ3n) is 5.48. The zero-order valence-electron chi connectivity index (χ0n) is 18.5. The van der Waals surface area contributed by atoms with Gasteiger partial charge in [-0.05, 0) is 60.9 Å². The maximum atomic E-state index is 13.5. The predicted molar refractivity (Wildman–Crippen MR) is 126 cm³/mol. The smallest absolute Gasteiger partial charge is 0.264 e. The van der Waals surface area contributed by atoms with Crippen molar-refractivity contribution in [2.45, 2.75) is 24.3 Å². The van der Waals surface area contributed by atoms with Crippen molar-refractivity contribution in [3.8, 4) is 11.5 Å². The van der Waals surface area contributed by atoms with Crippen molar-refractivity contribution < 1.29 is 22.7 Å². The Labute approximate surface area is 194 Å². The SMILES string of the molecule is COc1ccc(S(=O)(=O)N2C[C@@H](C(=O)NCCc3ccccc3)Oc3cc(C)ccc32)cc1. The summed E-state index contributed by atoms with van der Waals surface area (Å²) in [4.78, 5) is 13.0. The van der Waals surface area contributed by atoms with Crippen LogP contribution in [-0.2, 0) is 21.2 Å². The highest BCUT2D eigenvalue weighted by Gasteiger charge is 2.37. The molecule has 4 rings (SSSR count). The number of aryl methyl sites for hydroxylation is 1. The molecule has 0 unspecified atom stereocenters. The van der Waals surface area contributed by atoms with E-state index in [-0.39, 0.29) is 17.3 Å². The number of sulfonamides is 1. The van der Waals surface area contributed by atoms with Crippen LogP contribution >= 0.6 is 0 Å². The lowest BCUT2D eigenvalue weighted by Gasteiger charge is -2.35. The summed E-state index contributed by atoms with van der Waals surface area (Å²) in [5.41, 5.74) is 2.41. The summed E-state index contributed by atoms with van der Waals surface area (Å²) in [6.45, 7) is 2.19. The number of hydrogen-bond donors (Lipinski definition) is 1. The van der Waals surface area contributed by atoms with Crippen molar-refractivity contribution in [3.63, 3.8) is 0 Å². The fourth-order valence-electron chi connectivity index (χ4n) is 3.69. The molecule has 1 aliphatic heterocycles. The second kappa shape index (κ2) is 9.54. The van der Waals surface area contributed by atoms with Gasteiger partial charge in [0.15, 0.2) is 6.10 Å². The molecule has 0 aromatic heterocycles. The van der Waals surface area contributed by atoms with Gasteiger partial charge in [0.25, 0.3) is 15.9 Å². The van der Waals surface area contributed by atoms with Gasteiger partial charge in [0.2, 0.25) is 0 Å². The number of nitrogens with zero attached hydrogens (tertiary/aromatic N) is 1. The first-order valence-electron chi connectivity index (χ1n) is 10.6. The van der Waals surface area contributed by atoms with Gasteiger partial charge >= 0.3 is 0 Å². The Morgan fingerprint density at radius 1 is 1.09 bits per heavy atom. The lowest BCUT2D eigenvalue weighted by atomic mass is 10.1. The molecule has 33 heavy (non-hydrogen) atoms. The van der Waals surface area contributed by atoms with Crippen molar-refractivity contribution in [2.75, 3.05) is 24.5 Å². The molecule has 0 saturated carbocycles. The quantitative estimate of drug-likeness (QED) is 0.578. The summed E-state index contributed by atoms with van der Waals surface area (Å²) in [5, 5.41) is 2.87. The number of amides is 1. The van der Waals surface area contributed by atoms with Gasteiger partial charge in [-0.3, -0.25) is 9.10 Å². The first kappa shape index (κ1) is 22.7. The number of anilines is 1. The summed E-state index contributed by atoms with van der Waals surface area (Å²) in [7, 11) is -2.41. The van der Waals surface area contributed by atoms with Crippen LogP contribution in [0.4, 0.5) is 5.69 Å². The van der Waals surface area contributed by atoms with Crippen molar-refractivity contribution in [1.82, 2.24) is 5.32 Å². The van der Waals surface area contributed by atoms with E-state index in [0.29, 0.717) is 30.2 Å². The maximum absolute atomic E-state index is 13.5. The Bertz CT molecular complexity index is 1230. The first-order chi connectivity index (χ1) is 15.9. The predicted octanol–water partition coefficient (Wildman–Crippen LogP) is 3.32. The van der Waals surface area contributed by atoms with Crippen LogP contribution in [0.25, 0.3) is 0 Å². The van der Waals surface area contributed by atoms with Gasteiger partial charge in [-0.1, -0.05) is 36.4 Å². The van der Waals surface area contributed by atoms with Gasteiger partial charge in [-0.2, -0.15) is 0 Å². The normalized spacial score (nSPS) is 15.3. The number of rotatable bonds is 7. The van der Waals surface area contributed by atoms with Gasteiger partial charge < -0.3 is 14.8 Å². The molecule has 0 fully saturated rings. The molecule has 1 aliphatic rings. The Kier molecular flexibility index (Phi) is 6.55. The van der Waals surface area contributed by atoms with E-state index in [1.807, 2.05) is 43.3 Å². The molecule has 1 heterocycles. The van der Waals surface area contributed by atoms with Crippen LogP contribution in [0.3, 0.4) is 0 Å². The van der Waals surface area contributed by atoms with E-state index in [4.69, 9.17) is 9.47 Å². The van der Waals surface area contributed by atoms with E-state index in [1.165, 1.54) is 23.5 Å². The van der Waals surface area contributed by atoms with E-state index < -0.39 is 16.1 Å². The standard InChI is InChI=1S/C25H26N2O5S/c1-18-8-13-22-23(16-18)32-24(25(28)26-15-14-19-6-4-3-5-7-19)17-27(22)33(29,30)21-11-9-20(31-2)10-12-21/h3-13,16,24H,14-15,17H2,1-2H3,(H,26,28)/t24-/m0/s1. The van der Waals surface area contributed by atoms with Crippen LogP contribution < -0.4 is 19.1 Å². The van der Waals surface area contributed by atoms with Gasteiger partial charge in [0.05, 0.1) is 24.2 Å². The lowest BCUT2D eigenvalue weighted by Crippen LogP contribution is -2.51. The number of benzene rings is 3. The van der Waals surface area contributed by atoms with Gasteiger partial charge in [-0.15, -0.1) is 0 Å². The summed E-state index contributed by atoms with van der Waals surface area (Å²) in [6.07, 6.45) is -0.300. The molecule has 0 radical (unpaired) electrons. The lowest BCUT2D eigenvalue weighted by molar-refractivity contribution is -0.127. The van der Waals surface area contributed by atoms with Crippen molar-refractivity contribution >= 4 is 21.6 Å². The van der Waals surface area contributed by atoms with E-state index >= 15 is 0 Å². The highest BCUT2D eigenvalue weighted by Crippen LogP contribution is 2.38. The van der Waals surface area contributed by atoms with Crippen LogP contribution in [0.1, 0.15) is 11.1 Å². The molecule has 7 nitrogen and oxygen atoms in total. The molecular formula is C25H26N2O5S. The summed E-state index contributed by atoms with van der Waals surface area (Å²) in [5.74, 6) is 0.567. The van der Waals surface area contributed by atoms with E-state index in [0.717, 1.165) is 11.1 Å². The number of fused-ring (bicyclic) bond motifs is 1. The molecule has 1 amide bonds. The van der Waals surface area contributed by atoms with Gasteiger partial charge in [0.1, 0.15) is 11.5 Å². The van der Waals surface area contributed by atoms with Crippen LogP contribution in [0, 0.1) is 6.92 Å². The zero-order chi connectivity index (χ0) is 23.4. The van der Waals surface area contributed by atoms with Crippen molar-refractivity contribution in [1.29, 1.82) is 0 Å². The number of methoxy groups -OCH3 is 1. The molecule has 0 saturated heterocycles. The number of hydrogen-bond acceptors (Lipinski definition) is 5. The molecule has 8 heteroatoms. The Morgan fingerprint density at radius 3 is 2.52 bits per heavy atom. The van der Waals surface area contributed by atoms with Gasteiger partial charge in [0, 0.05) is 6.54 Å². The number of carbonyl (C=O) groups is 1. The Balaban J connectivity index is 1.57. The van der Waals surface area contributed by atoms with Gasteiger partial charge in [-0.25, -0.2) is 8.42 Å². The molecule has 1 atom stereocenters. The third kappa shape index (κ3) is 4.96. The maximum Gasteiger partial charge on any atom is 0.264 e. The fraction of sp³-hybridized carbons (Fsp3) is 0.240. The molecule has 172 valence electrons. The molecule has 3 aromatic rings. The number of carbonyl (C=O) groups excluding carboxylic acids is 1. The Hall–Kier alpha value is -3.52. The van der Waals surface area contributed by atoms with Crippen molar-refractivity contribution in [2.24, 2.45) is 0 Å². The molecule has 0 spiro atoms. The van der Waals surface area contributed by atoms with E-state index in [1.54, 1.807) is 24.3 Å². The van der Waals surface area contributed by atoms with E-state index in [2.05, 4.69) is 5.32 Å². The zero-order valence-corrected chi connectivity index (χ0v) is 19.3. The minimum atomic E-state index is -3.93. The molecule has 3 aromatic carbocycles. The summed E-state index contributed by atoms with van der Waals surface area (Å²) < 4.78 is 39.3. The largest absolute Gasteiger partial charge is 0.497 e. The second-order valence-corrected chi connectivity index (χ2v) is 9.68. The average Bonchev–Trinajstić information content (AvgIpc) is 2.83. The average molecular weight is 467 g/mol. The summed E-state index contributed by atoms with van der Waals surface area (Å²) >= 11 is 0.